The smallest absolute Gasteiger partial charge is 0.439 e. The minimum Gasteiger partial charge on any atom is -0.439 e. The van der Waals surface area contributed by atoms with E-state index in [0.29, 0.717) is 5.56 Å². The van der Waals surface area contributed by atoms with Crippen LogP contribution in [-0.2, 0) is 6.18 Å². The number of hydrogen-bond acceptors (Lipinski definition) is 5. The van der Waals surface area contributed by atoms with Crippen molar-refractivity contribution >= 4 is 5.82 Å². The van der Waals surface area contributed by atoms with Crippen LogP contribution >= 0.6 is 0 Å². The summed E-state index contributed by atoms with van der Waals surface area (Å²) < 4.78 is 42.7. The predicted molar refractivity (Wildman–Crippen MR) is 62.7 cm³/mol. The Bertz CT molecular complexity index is 679. The molecule has 1 heterocycles. The van der Waals surface area contributed by atoms with Gasteiger partial charge in [0.25, 0.3) is 0 Å². The van der Waals surface area contributed by atoms with Crippen molar-refractivity contribution < 1.29 is 17.9 Å². The summed E-state index contributed by atoms with van der Waals surface area (Å²) in [6, 6.07) is 8.85. The summed E-state index contributed by atoms with van der Waals surface area (Å²) in [6.45, 7) is 0. The first-order chi connectivity index (χ1) is 9.38. The fourth-order valence-electron chi connectivity index (χ4n) is 1.37. The van der Waals surface area contributed by atoms with Gasteiger partial charge in [0.05, 0.1) is 11.6 Å². The van der Waals surface area contributed by atoms with Gasteiger partial charge in [-0.1, -0.05) is 6.07 Å². The van der Waals surface area contributed by atoms with E-state index in [0.717, 1.165) is 6.07 Å². The molecule has 0 radical (unpaired) electrons. The van der Waals surface area contributed by atoms with E-state index in [1.807, 2.05) is 6.07 Å². The molecule has 1 aromatic carbocycles. The van der Waals surface area contributed by atoms with Crippen LogP contribution in [0.5, 0.6) is 11.6 Å². The topological polar surface area (TPSA) is 84.8 Å². The molecule has 2 rings (SSSR count). The Labute approximate surface area is 111 Å². The Morgan fingerprint density at radius 3 is 2.60 bits per heavy atom. The molecule has 1 aromatic heterocycles. The first-order valence-corrected chi connectivity index (χ1v) is 5.28. The summed E-state index contributed by atoms with van der Waals surface area (Å²) in [7, 11) is 0. The number of hydrogen-bond donors (Lipinski definition) is 1. The van der Waals surface area contributed by atoms with Crippen molar-refractivity contribution in [3.8, 4) is 17.7 Å². The van der Waals surface area contributed by atoms with Crippen molar-refractivity contribution in [3.63, 3.8) is 0 Å². The molecule has 0 aliphatic heterocycles. The number of nitrogens with zero attached hydrogens (tertiary/aromatic N) is 3. The first-order valence-electron chi connectivity index (χ1n) is 5.28. The zero-order valence-electron chi connectivity index (χ0n) is 9.85. The molecule has 0 unspecified atom stereocenters. The van der Waals surface area contributed by atoms with Gasteiger partial charge in [0.15, 0.2) is 0 Å². The van der Waals surface area contributed by atoms with Crippen LogP contribution in [0.15, 0.2) is 30.3 Å². The van der Waals surface area contributed by atoms with Crippen LogP contribution in [0.3, 0.4) is 0 Å². The Kier molecular flexibility index (Phi) is 3.43. The lowest BCUT2D eigenvalue weighted by Gasteiger charge is -2.09. The second kappa shape index (κ2) is 5.05. The quantitative estimate of drug-likeness (QED) is 0.914. The second-order valence-corrected chi connectivity index (χ2v) is 3.69. The Balaban J connectivity index is 2.34. The van der Waals surface area contributed by atoms with E-state index in [1.165, 1.54) is 24.3 Å². The molecule has 0 aliphatic carbocycles. The van der Waals surface area contributed by atoms with E-state index in [1.54, 1.807) is 0 Å². The van der Waals surface area contributed by atoms with Crippen LogP contribution < -0.4 is 10.5 Å². The summed E-state index contributed by atoms with van der Waals surface area (Å²) in [5.41, 5.74) is 5.59. The van der Waals surface area contributed by atoms with Crippen molar-refractivity contribution in [2.24, 2.45) is 0 Å². The van der Waals surface area contributed by atoms with E-state index in [9.17, 15) is 13.2 Å². The molecule has 0 amide bonds. The lowest BCUT2D eigenvalue weighted by Crippen LogP contribution is -2.12. The van der Waals surface area contributed by atoms with Crippen LogP contribution in [0.25, 0.3) is 0 Å². The number of rotatable bonds is 2. The van der Waals surface area contributed by atoms with Gasteiger partial charge in [-0.05, 0) is 18.2 Å². The lowest BCUT2D eigenvalue weighted by molar-refractivity contribution is -0.145. The highest BCUT2D eigenvalue weighted by Crippen LogP contribution is 2.29. The molecule has 102 valence electrons. The highest BCUT2D eigenvalue weighted by atomic mass is 19.4. The first kappa shape index (κ1) is 13.6. The number of nitrogens with two attached hydrogens (primary N) is 1. The monoisotopic (exact) mass is 280 g/mol. The van der Waals surface area contributed by atoms with E-state index in [-0.39, 0.29) is 17.4 Å². The summed E-state index contributed by atoms with van der Waals surface area (Å²) in [5, 5.41) is 8.72. The van der Waals surface area contributed by atoms with Gasteiger partial charge in [0, 0.05) is 6.07 Å². The van der Waals surface area contributed by atoms with Crippen LogP contribution in [-0.4, -0.2) is 9.97 Å². The van der Waals surface area contributed by atoms with Crippen molar-refractivity contribution in [1.29, 1.82) is 5.26 Å². The maximum Gasteiger partial charge on any atom is 0.451 e. The number of anilines is 1. The average molecular weight is 280 g/mol. The van der Waals surface area contributed by atoms with Crippen LogP contribution in [0.1, 0.15) is 11.4 Å². The van der Waals surface area contributed by atoms with Gasteiger partial charge >= 0.3 is 6.18 Å². The van der Waals surface area contributed by atoms with Crippen molar-refractivity contribution in [1.82, 2.24) is 9.97 Å². The third kappa shape index (κ3) is 3.14. The van der Waals surface area contributed by atoms with Gasteiger partial charge in [-0.3, -0.25) is 0 Å². The molecule has 5 nitrogen and oxygen atoms in total. The zero-order chi connectivity index (χ0) is 14.8. The van der Waals surface area contributed by atoms with Crippen molar-refractivity contribution in [2.45, 2.75) is 6.18 Å². The highest BCUT2D eigenvalue weighted by Gasteiger charge is 2.35. The van der Waals surface area contributed by atoms with Crippen molar-refractivity contribution in [2.75, 3.05) is 5.73 Å². The minimum absolute atomic E-state index is 0.176. The third-order valence-electron chi connectivity index (χ3n) is 2.16. The summed E-state index contributed by atoms with van der Waals surface area (Å²) >= 11 is 0. The number of halogens is 3. The predicted octanol–water partition coefficient (Wildman–Crippen LogP) is 2.74. The zero-order valence-corrected chi connectivity index (χ0v) is 9.85. The molecule has 0 atom stereocenters. The second-order valence-electron chi connectivity index (χ2n) is 3.69. The fraction of sp³-hybridized carbons (Fsp3) is 0.0833. The largest absolute Gasteiger partial charge is 0.451 e. The van der Waals surface area contributed by atoms with E-state index < -0.39 is 12.0 Å². The average Bonchev–Trinajstić information content (AvgIpc) is 2.37. The SMILES string of the molecule is N#Cc1cccc(Oc2cc(N)nc(C(F)(F)F)n2)c1. The Morgan fingerprint density at radius 2 is 1.95 bits per heavy atom. The molecule has 0 spiro atoms. The number of nitriles is 1. The number of ether oxygens (including phenoxy) is 1. The Morgan fingerprint density at radius 1 is 1.20 bits per heavy atom. The van der Waals surface area contributed by atoms with Crippen LogP contribution in [0, 0.1) is 11.3 Å². The summed E-state index contributed by atoms with van der Waals surface area (Å²) in [5.74, 6) is -1.92. The molecule has 0 fully saturated rings. The van der Waals surface area contributed by atoms with Gasteiger partial charge in [-0.15, -0.1) is 0 Å². The number of benzene rings is 1. The molecule has 0 aliphatic rings. The van der Waals surface area contributed by atoms with Gasteiger partial charge < -0.3 is 10.5 Å². The van der Waals surface area contributed by atoms with Gasteiger partial charge in [0.1, 0.15) is 11.6 Å². The molecule has 0 saturated heterocycles. The molecular weight excluding hydrogens is 273 g/mol. The lowest BCUT2D eigenvalue weighted by atomic mass is 10.2. The molecule has 20 heavy (non-hydrogen) atoms. The van der Waals surface area contributed by atoms with Gasteiger partial charge in [0.2, 0.25) is 11.7 Å². The molecule has 0 bridgehead atoms. The van der Waals surface area contributed by atoms with E-state index >= 15 is 0 Å². The molecule has 2 aromatic rings. The number of nitrogen functional groups attached to an aromatic ring is 1. The summed E-state index contributed by atoms with van der Waals surface area (Å²) in [4.78, 5) is 6.32. The molecule has 0 saturated carbocycles. The van der Waals surface area contributed by atoms with Crippen molar-refractivity contribution in [3.05, 3.63) is 41.7 Å². The standard InChI is InChI=1S/C12H7F3N4O/c13-12(14,15)11-18-9(17)5-10(19-11)20-8-3-1-2-7(4-8)6-16/h1-5H,(H2,17,18,19). The van der Waals surface area contributed by atoms with E-state index in [4.69, 9.17) is 15.7 Å². The fourth-order valence-corrected chi connectivity index (χ4v) is 1.37. The van der Waals surface area contributed by atoms with Crippen LogP contribution in [0.4, 0.5) is 19.0 Å². The highest BCUT2D eigenvalue weighted by molar-refractivity contribution is 5.40. The number of alkyl halides is 3. The molecular formula is C12H7F3N4O. The van der Waals surface area contributed by atoms with Gasteiger partial charge in [-0.25, -0.2) is 4.98 Å². The van der Waals surface area contributed by atoms with Crippen LogP contribution in [0.2, 0.25) is 0 Å². The maximum atomic E-state index is 12.5. The molecule has 8 heteroatoms. The normalized spacial score (nSPS) is 10.9. The van der Waals surface area contributed by atoms with Gasteiger partial charge in [-0.2, -0.15) is 23.4 Å². The summed E-state index contributed by atoms with van der Waals surface area (Å²) in [6.07, 6.45) is -4.72. The number of aromatic nitrogens is 2. The minimum atomic E-state index is -4.72. The third-order valence-corrected chi connectivity index (χ3v) is 2.16. The maximum absolute atomic E-state index is 12.5. The van der Waals surface area contributed by atoms with E-state index in [2.05, 4.69) is 9.97 Å². The Hall–Kier alpha value is -2.82. The molecule has 2 N–H and O–H groups in total.